The number of aryl methyl sites for hydroxylation is 1. The summed E-state index contributed by atoms with van der Waals surface area (Å²) in [5, 5.41) is 16.8. The zero-order valence-corrected chi connectivity index (χ0v) is 10.1. The molecule has 1 aliphatic carbocycles. The largest absolute Gasteiger partial charge is 0.395 e. The van der Waals surface area contributed by atoms with Crippen molar-refractivity contribution in [2.45, 2.75) is 25.8 Å². The van der Waals surface area contributed by atoms with E-state index >= 15 is 0 Å². The Kier molecular flexibility index (Phi) is 3.33. The van der Waals surface area contributed by atoms with E-state index in [-0.39, 0.29) is 12.4 Å². The molecule has 4 nitrogen and oxygen atoms in total. The summed E-state index contributed by atoms with van der Waals surface area (Å²) in [5.74, 6) is 0.0901. The number of hydrogen-bond acceptors (Lipinski definition) is 3. The normalized spacial score (nSPS) is 14.7. The minimum atomic E-state index is 0.0901. The quantitative estimate of drug-likeness (QED) is 0.529. The predicted octanol–water partition coefficient (Wildman–Crippen LogP) is 1.24. The maximum absolute atomic E-state index is 9.13. The number of nitrogens with one attached hydrogen (secondary N) is 1. The van der Waals surface area contributed by atoms with Crippen LogP contribution in [0.4, 0.5) is 5.69 Å². The van der Waals surface area contributed by atoms with Gasteiger partial charge in [0, 0.05) is 23.8 Å². The van der Waals surface area contributed by atoms with E-state index in [2.05, 4.69) is 4.90 Å². The van der Waals surface area contributed by atoms with Gasteiger partial charge < -0.3 is 15.7 Å². The number of hydrogen-bond donors (Lipinski definition) is 3. The van der Waals surface area contributed by atoms with Crippen molar-refractivity contribution in [3.05, 3.63) is 29.3 Å². The fourth-order valence-corrected chi connectivity index (χ4v) is 2.11. The van der Waals surface area contributed by atoms with Crippen molar-refractivity contribution < 1.29 is 5.11 Å². The van der Waals surface area contributed by atoms with Crippen molar-refractivity contribution in [1.29, 1.82) is 5.41 Å². The van der Waals surface area contributed by atoms with E-state index in [0.29, 0.717) is 12.6 Å². The summed E-state index contributed by atoms with van der Waals surface area (Å²) in [5.41, 5.74) is 8.47. The Hall–Kier alpha value is -1.55. The van der Waals surface area contributed by atoms with Crippen LogP contribution >= 0.6 is 0 Å². The molecule has 0 atom stereocenters. The number of nitrogens with zero attached hydrogens (tertiary/aromatic N) is 1. The molecule has 0 aromatic heterocycles. The summed E-state index contributed by atoms with van der Waals surface area (Å²) >= 11 is 0. The molecule has 0 amide bonds. The van der Waals surface area contributed by atoms with Gasteiger partial charge in [0.2, 0.25) is 0 Å². The number of aliphatic hydroxyl groups excluding tert-OH is 1. The highest BCUT2D eigenvalue weighted by atomic mass is 16.3. The van der Waals surface area contributed by atoms with Crippen molar-refractivity contribution in [3.63, 3.8) is 0 Å². The Balaban J connectivity index is 2.37. The summed E-state index contributed by atoms with van der Waals surface area (Å²) in [7, 11) is 0. The molecule has 0 unspecified atom stereocenters. The molecule has 0 saturated heterocycles. The second-order valence-electron chi connectivity index (χ2n) is 4.58. The van der Waals surface area contributed by atoms with Gasteiger partial charge in [-0.1, -0.05) is 11.6 Å². The van der Waals surface area contributed by atoms with Crippen molar-refractivity contribution >= 4 is 11.5 Å². The van der Waals surface area contributed by atoms with Crippen molar-refractivity contribution in [1.82, 2.24) is 0 Å². The van der Waals surface area contributed by atoms with Crippen LogP contribution in [0.5, 0.6) is 0 Å². The first-order chi connectivity index (χ1) is 8.13. The standard InChI is InChI=1S/C13H19N3O/c1-9-2-5-12(11(8-9)13(14)15)16(6-7-17)10-3-4-10/h2,5,8,10,17H,3-4,6-7H2,1H3,(H3,14,15). The van der Waals surface area contributed by atoms with Crippen LogP contribution in [0.15, 0.2) is 18.2 Å². The molecule has 0 heterocycles. The summed E-state index contributed by atoms with van der Waals surface area (Å²) in [4.78, 5) is 2.16. The number of rotatable bonds is 5. The minimum Gasteiger partial charge on any atom is -0.395 e. The van der Waals surface area contributed by atoms with Gasteiger partial charge in [0.25, 0.3) is 0 Å². The Morgan fingerprint density at radius 2 is 2.24 bits per heavy atom. The second-order valence-corrected chi connectivity index (χ2v) is 4.58. The average molecular weight is 233 g/mol. The molecule has 4 heteroatoms. The zero-order valence-electron chi connectivity index (χ0n) is 10.1. The maximum Gasteiger partial charge on any atom is 0.124 e. The molecular formula is C13H19N3O. The molecule has 1 fully saturated rings. The minimum absolute atomic E-state index is 0.0901. The Labute approximate surface area is 102 Å². The number of nitrogens with two attached hydrogens (primary N) is 1. The van der Waals surface area contributed by atoms with Crippen LogP contribution < -0.4 is 10.6 Å². The van der Waals surface area contributed by atoms with Crippen LogP contribution in [0.3, 0.4) is 0 Å². The van der Waals surface area contributed by atoms with Crippen molar-refractivity contribution in [2.24, 2.45) is 5.73 Å². The first-order valence-corrected chi connectivity index (χ1v) is 5.96. The van der Waals surface area contributed by atoms with Crippen LogP contribution in [0.2, 0.25) is 0 Å². The number of amidine groups is 1. The SMILES string of the molecule is Cc1ccc(N(CCO)C2CC2)c(C(=N)N)c1. The Bertz CT molecular complexity index is 427. The van der Waals surface area contributed by atoms with E-state index in [1.54, 1.807) is 0 Å². The smallest absolute Gasteiger partial charge is 0.124 e. The lowest BCUT2D eigenvalue weighted by molar-refractivity contribution is 0.301. The van der Waals surface area contributed by atoms with E-state index in [1.165, 1.54) is 0 Å². The number of anilines is 1. The van der Waals surface area contributed by atoms with Crippen LogP contribution in [-0.2, 0) is 0 Å². The fourth-order valence-electron chi connectivity index (χ4n) is 2.11. The lowest BCUT2D eigenvalue weighted by Crippen LogP contribution is -2.31. The van der Waals surface area contributed by atoms with E-state index in [9.17, 15) is 0 Å². The van der Waals surface area contributed by atoms with E-state index < -0.39 is 0 Å². The maximum atomic E-state index is 9.13. The number of benzene rings is 1. The third-order valence-corrected chi connectivity index (χ3v) is 3.08. The number of aliphatic hydroxyl groups is 1. The molecule has 0 radical (unpaired) electrons. The van der Waals surface area contributed by atoms with E-state index in [4.69, 9.17) is 16.2 Å². The molecular weight excluding hydrogens is 214 g/mol. The monoisotopic (exact) mass is 233 g/mol. The van der Waals surface area contributed by atoms with E-state index in [0.717, 1.165) is 29.7 Å². The van der Waals surface area contributed by atoms with Gasteiger partial charge >= 0.3 is 0 Å². The highest BCUT2D eigenvalue weighted by Crippen LogP contribution is 2.33. The molecule has 0 spiro atoms. The van der Waals surface area contributed by atoms with Gasteiger partial charge in [-0.2, -0.15) is 0 Å². The lowest BCUT2D eigenvalue weighted by Gasteiger charge is -2.26. The van der Waals surface area contributed by atoms with Crippen molar-refractivity contribution in [3.8, 4) is 0 Å². The molecule has 0 aliphatic heterocycles. The van der Waals surface area contributed by atoms with Gasteiger partial charge in [-0.05, 0) is 31.9 Å². The van der Waals surface area contributed by atoms with Crippen LogP contribution in [0.1, 0.15) is 24.0 Å². The molecule has 4 N–H and O–H groups in total. The average Bonchev–Trinajstić information content (AvgIpc) is 3.10. The first-order valence-electron chi connectivity index (χ1n) is 5.96. The predicted molar refractivity (Wildman–Crippen MR) is 69.6 cm³/mol. The molecule has 1 saturated carbocycles. The summed E-state index contributed by atoms with van der Waals surface area (Å²) < 4.78 is 0. The van der Waals surface area contributed by atoms with Crippen LogP contribution in [0.25, 0.3) is 0 Å². The Morgan fingerprint density at radius 3 is 2.76 bits per heavy atom. The van der Waals surface area contributed by atoms with Gasteiger partial charge in [-0.25, -0.2) is 0 Å². The molecule has 1 aliphatic rings. The first kappa shape index (κ1) is 11.9. The van der Waals surface area contributed by atoms with Crippen LogP contribution in [-0.4, -0.2) is 30.1 Å². The van der Waals surface area contributed by atoms with Gasteiger partial charge in [-0.3, -0.25) is 5.41 Å². The van der Waals surface area contributed by atoms with Crippen LogP contribution in [0, 0.1) is 12.3 Å². The molecule has 17 heavy (non-hydrogen) atoms. The molecule has 92 valence electrons. The van der Waals surface area contributed by atoms with Gasteiger partial charge in [-0.15, -0.1) is 0 Å². The highest BCUT2D eigenvalue weighted by Gasteiger charge is 2.30. The van der Waals surface area contributed by atoms with Gasteiger partial charge in [0.1, 0.15) is 5.84 Å². The molecule has 0 bridgehead atoms. The molecule has 2 rings (SSSR count). The highest BCUT2D eigenvalue weighted by molar-refractivity contribution is 6.00. The lowest BCUT2D eigenvalue weighted by atomic mass is 10.1. The summed E-state index contributed by atoms with van der Waals surface area (Å²) in [6, 6.07) is 6.46. The molecule has 1 aromatic carbocycles. The van der Waals surface area contributed by atoms with Gasteiger partial charge in [0.15, 0.2) is 0 Å². The second kappa shape index (κ2) is 4.75. The zero-order chi connectivity index (χ0) is 12.4. The van der Waals surface area contributed by atoms with Crippen molar-refractivity contribution in [2.75, 3.05) is 18.1 Å². The fraction of sp³-hybridized carbons (Fsp3) is 0.462. The third-order valence-electron chi connectivity index (χ3n) is 3.08. The topological polar surface area (TPSA) is 73.3 Å². The number of nitrogen functional groups attached to an aromatic ring is 1. The molecule has 1 aromatic rings. The van der Waals surface area contributed by atoms with Gasteiger partial charge in [0.05, 0.1) is 6.61 Å². The Morgan fingerprint density at radius 1 is 1.53 bits per heavy atom. The summed E-state index contributed by atoms with van der Waals surface area (Å²) in [6.07, 6.45) is 2.32. The van der Waals surface area contributed by atoms with E-state index in [1.807, 2.05) is 25.1 Å². The summed E-state index contributed by atoms with van der Waals surface area (Å²) in [6.45, 7) is 2.72. The third kappa shape index (κ3) is 2.58.